The van der Waals surface area contributed by atoms with Crippen molar-refractivity contribution in [2.75, 3.05) is 0 Å². The Morgan fingerprint density at radius 1 is 1.27 bits per heavy atom. The molecule has 60 valence electrons. The van der Waals surface area contributed by atoms with Crippen LogP contribution in [0, 0.1) is 0 Å². The third-order valence-electron chi connectivity index (χ3n) is 1.58. The van der Waals surface area contributed by atoms with Crippen molar-refractivity contribution in [3.05, 3.63) is 35.9 Å². The first-order valence-electron chi connectivity index (χ1n) is 3.66. The predicted octanol–water partition coefficient (Wildman–Crippen LogP) is 2.31. The molecular formula is C9H12ClN. The first-order valence-corrected chi connectivity index (χ1v) is 4.10. The highest BCUT2D eigenvalue weighted by Gasteiger charge is 2.10. The summed E-state index contributed by atoms with van der Waals surface area (Å²) in [4.78, 5) is 0. The molecule has 0 amide bonds. The van der Waals surface area contributed by atoms with Gasteiger partial charge in [0.25, 0.3) is 0 Å². The molecule has 0 aliphatic carbocycles. The molecule has 0 saturated carbocycles. The highest BCUT2D eigenvalue weighted by Crippen LogP contribution is 2.21. The molecule has 0 aliphatic rings. The van der Waals surface area contributed by atoms with Gasteiger partial charge in [-0.1, -0.05) is 30.3 Å². The van der Waals surface area contributed by atoms with E-state index in [1.165, 1.54) is 0 Å². The lowest BCUT2D eigenvalue weighted by Gasteiger charge is -2.12. The topological polar surface area (TPSA) is 26.0 Å². The van der Waals surface area contributed by atoms with Crippen LogP contribution in [0.3, 0.4) is 0 Å². The second-order valence-corrected chi connectivity index (χ2v) is 3.14. The Labute approximate surface area is 72.2 Å². The molecular weight excluding hydrogens is 158 g/mol. The van der Waals surface area contributed by atoms with E-state index in [0.29, 0.717) is 0 Å². The van der Waals surface area contributed by atoms with Crippen molar-refractivity contribution in [1.29, 1.82) is 0 Å². The molecule has 1 nitrogen and oxygen atoms in total. The van der Waals surface area contributed by atoms with Gasteiger partial charge in [0.15, 0.2) is 0 Å². The van der Waals surface area contributed by atoms with Crippen molar-refractivity contribution < 1.29 is 0 Å². The summed E-state index contributed by atoms with van der Waals surface area (Å²) in [6.07, 6.45) is 0. The maximum atomic E-state index is 6.02. The van der Waals surface area contributed by atoms with Crippen molar-refractivity contribution in [1.82, 2.24) is 0 Å². The highest BCUT2D eigenvalue weighted by atomic mass is 35.5. The Morgan fingerprint density at radius 2 is 1.82 bits per heavy atom. The van der Waals surface area contributed by atoms with Crippen LogP contribution < -0.4 is 5.73 Å². The maximum absolute atomic E-state index is 6.02. The SMILES string of the molecule is C[C@H](N)C(Cl)c1ccccc1. The van der Waals surface area contributed by atoms with E-state index in [0.717, 1.165) is 5.56 Å². The minimum Gasteiger partial charge on any atom is -0.326 e. The minimum absolute atomic E-state index is 0.000864. The predicted molar refractivity (Wildman–Crippen MR) is 48.7 cm³/mol. The van der Waals surface area contributed by atoms with Crippen LogP contribution >= 0.6 is 11.6 Å². The van der Waals surface area contributed by atoms with Crippen LogP contribution in [-0.2, 0) is 0 Å². The standard InChI is InChI=1S/C9H12ClN/c1-7(11)9(10)8-5-3-2-4-6-8/h2-7,9H,11H2,1H3/t7-,9?/m0/s1. The Kier molecular flexibility index (Phi) is 2.92. The van der Waals surface area contributed by atoms with E-state index >= 15 is 0 Å². The molecule has 0 spiro atoms. The van der Waals surface area contributed by atoms with E-state index in [1.54, 1.807) is 0 Å². The lowest BCUT2D eigenvalue weighted by Crippen LogP contribution is -2.20. The van der Waals surface area contributed by atoms with Gasteiger partial charge >= 0.3 is 0 Å². The number of nitrogens with two attached hydrogens (primary N) is 1. The molecule has 1 aromatic rings. The molecule has 1 rings (SSSR count). The van der Waals surface area contributed by atoms with E-state index in [-0.39, 0.29) is 11.4 Å². The van der Waals surface area contributed by atoms with Crippen molar-refractivity contribution >= 4 is 11.6 Å². The molecule has 2 atom stereocenters. The van der Waals surface area contributed by atoms with Gasteiger partial charge in [0, 0.05) is 6.04 Å². The highest BCUT2D eigenvalue weighted by molar-refractivity contribution is 6.21. The fourth-order valence-electron chi connectivity index (χ4n) is 0.940. The Balaban J connectivity index is 2.77. The first-order chi connectivity index (χ1) is 5.22. The molecule has 0 radical (unpaired) electrons. The summed E-state index contributed by atoms with van der Waals surface area (Å²) in [5.74, 6) is 0. The molecule has 2 N–H and O–H groups in total. The van der Waals surface area contributed by atoms with Crippen LogP contribution in [0.2, 0.25) is 0 Å². The molecule has 0 fully saturated rings. The third-order valence-corrected chi connectivity index (χ3v) is 2.23. The van der Waals surface area contributed by atoms with Gasteiger partial charge in [0.05, 0.1) is 5.38 Å². The zero-order valence-corrected chi connectivity index (χ0v) is 7.25. The first kappa shape index (κ1) is 8.57. The van der Waals surface area contributed by atoms with Gasteiger partial charge < -0.3 is 5.73 Å². The average molecular weight is 170 g/mol. The summed E-state index contributed by atoms with van der Waals surface area (Å²) < 4.78 is 0. The lowest BCUT2D eigenvalue weighted by atomic mass is 10.1. The zero-order chi connectivity index (χ0) is 8.27. The fraction of sp³-hybridized carbons (Fsp3) is 0.333. The molecule has 1 unspecified atom stereocenters. The maximum Gasteiger partial charge on any atom is 0.0733 e. The van der Waals surface area contributed by atoms with Crippen LogP contribution in [-0.4, -0.2) is 6.04 Å². The second kappa shape index (κ2) is 3.74. The number of rotatable bonds is 2. The molecule has 0 bridgehead atoms. The molecule has 0 heterocycles. The Hall–Kier alpha value is -0.530. The third kappa shape index (κ3) is 2.21. The van der Waals surface area contributed by atoms with Gasteiger partial charge in [0.1, 0.15) is 0 Å². The Bertz CT molecular complexity index is 208. The van der Waals surface area contributed by atoms with Crippen LogP contribution in [0.4, 0.5) is 0 Å². The van der Waals surface area contributed by atoms with Gasteiger partial charge in [-0.25, -0.2) is 0 Å². The molecule has 1 aromatic carbocycles. The number of benzene rings is 1. The quantitative estimate of drug-likeness (QED) is 0.676. The van der Waals surface area contributed by atoms with Gasteiger partial charge in [-0.15, -0.1) is 11.6 Å². The number of hydrogen-bond donors (Lipinski definition) is 1. The van der Waals surface area contributed by atoms with E-state index in [2.05, 4.69) is 0 Å². The lowest BCUT2D eigenvalue weighted by molar-refractivity contribution is 0.713. The van der Waals surface area contributed by atoms with E-state index in [4.69, 9.17) is 17.3 Å². The summed E-state index contributed by atoms with van der Waals surface area (Å²) in [7, 11) is 0. The largest absolute Gasteiger partial charge is 0.326 e. The molecule has 0 aromatic heterocycles. The molecule has 11 heavy (non-hydrogen) atoms. The zero-order valence-electron chi connectivity index (χ0n) is 6.50. The van der Waals surface area contributed by atoms with Gasteiger partial charge in [-0.2, -0.15) is 0 Å². The number of halogens is 1. The van der Waals surface area contributed by atoms with Gasteiger partial charge in [0.2, 0.25) is 0 Å². The normalized spacial score (nSPS) is 15.9. The molecule has 0 saturated heterocycles. The molecule has 0 aliphatic heterocycles. The Morgan fingerprint density at radius 3 is 2.27 bits per heavy atom. The van der Waals surface area contributed by atoms with Crippen LogP contribution in [0.25, 0.3) is 0 Å². The van der Waals surface area contributed by atoms with Crippen molar-refractivity contribution in [2.24, 2.45) is 5.73 Å². The van der Waals surface area contributed by atoms with Crippen molar-refractivity contribution in [3.63, 3.8) is 0 Å². The summed E-state index contributed by atoms with van der Waals surface area (Å²) >= 11 is 6.02. The van der Waals surface area contributed by atoms with E-state index in [9.17, 15) is 0 Å². The monoisotopic (exact) mass is 169 g/mol. The fourth-order valence-corrected chi connectivity index (χ4v) is 1.09. The molecule has 2 heteroatoms. The van der Waals surface area contributed by atoms with E-state index in [1.807, 2.05) is 37.3 Å². The number of hydrogen-bond acceptors (Lipinski definition) is 1. The van der Waals surface area contributed by atoms with Crippen LogP contribution in [0.5, 0.6) is 0 Å². The number of alkyl halides is 1. The van der Waals surface area contributed by atoms with E-state index < -0.39 is 0 Å². The summed E-state index contributed by atoms with van der Waals surface area (Å²) in [6.45, 7) is 1.91. The van der Waals surface area contributed by atoms with Crippen molar-refractivity contribution in [3.8, 4) is 0 Å². The average Bonchev–Trinajstić information content (AvgIpc) is 2.05. The summed E-state index contributed by atoms with van der Waals surface area (Å²) in [6, 6.07) is 9.87. The van der Waals surface area contributed by atoms with Gasteiger partial charge in [-0.05, 0) is 12.5 Å². The van der Waals surface area contributed by atoms with Crippen LogP contribution in [0.1, 0.15) is 17.9 Å². The summed E-state index contributed by atoms with van der Waals surface area (Å²) in [5.41, 5.74) is 6.72. The van der Waals surface area contributed by atoms with Crippen LogP contribution in [0.15, 0.2) is 30.3 Å². The second-order valence-electron chi connectivity index (χ2n) is 2.67. The smallest absolute Gasteiger partial charge is 0.0733 e. The van der Waals surface area contributed by atoms with Crippen molar-refractivity contribution in [2.45, 2.75) is 18.3 Å². The minimum atomic E-state index is -0.0730. The summed E-state index contributed by atoms with van der Waals surface area (Å²) in [5, 5.41) is -0.0730. The van der Waals surface area contributed by atoms with Gasteiger partial charge in [-0.3, -0.25) is 0 Å².